The van der Waals surface area contributed by atoms with Crippen LogP contribution in [0, 0.1) is 4.91 Å². The first kappa shape index (κ1) is 8.00. The Morgan fingerprint density at radius 1 is 1.38 bits per heavy atom. The van der Waals surface area contributed by atoms with E-state index in [9.17, 15) is 9.70 Å². The molecule has 0 saturated carbocycles. The van der Waals surface area contributed by atoms with Crippen LogP contribution in [-0.4, -0.2) is 10.9 Å². The van der Waals surface area contributed by atoms with Gasteiger partial charge in [-0.15, -0.1) is 16.2 Å². The summed E-state index contributed by atoms with van der Waals surface area (Å²) in [5, 5.41) is 2.46. The van der Waals surface area contributed by atoms with Gasteiger partial charge in [-0.05, 0) is 12.1 Å². The first-order valence-electron chi connectivity index (χ1n) is 3.54. The molecule has 2 rings (SSSR count). The quantitative estimate of drug-likeness (QED) is 0.651. The van der Waals surface area contributed by atoms with Crippen molar-refractivity contribution in [1.29, 1.82) is 0 Å². The largest absolute Gasteiger partial charge is 0.345 e. The number of hydrogen-bond acceptors (Lipinski definition) is 4. The average molecular weight is 192 g/mol. The highest BCUT2D eigenvalue weighted by Crippen LogP contribution is 2.21. The first-order chi connectivity index (χ1) is 6.31. The number of nitroso groups, excluding NO2 is 1. The molecule has 0 radical (unpaired) electrons. The summed E-state index contributed by atoms with van der Waals surface area (Å²) in [5.74, 6) is -0.804. The molecule has 4 nitrogen and oxygen atoms in total. The average Bonchev–Trinajstić information content (AvgIpc) is 2.59. The Morgan fingerprint density at radius 2 is 2.15 bits per heavy atom. The van der Waals surface area contributed by atoms with Crippen LogP contribution in [0.3, 0.4) is 0 Å². The highest BCUT2D eigenvalue weighted by atomic mass is 32.1. The molecule has 1 aromatic carbocycles. The molecule has 0 bridgehead atoms. The molecular weight excluding hydrogens is 188 g/mol. The van der Waals surface area contributed by atoms with Crippen LogP contribution < -0.4 is 0 Å². The predicted octanol–water partition coefficient (Wildman–Crippen LogP) is 2.20. The van der Waals surface area contributed by atoms with Gasteiger partial charge >= 0.3 is 5.91 Å². The highest BCUT2D eigenvalue weighted by Gasteiger charge is 2.11. The van der Waals surface area contributed by atoms with Gasteiger partial charge in [0, 0.05) is 5.18 Å². The van der Waals surface area contributed by atoms with Crippen LogP contribution in [0.2, 0.25) is 0 Å². The van der Waals surface area contributed by atoms with E-state index in [0.717, 1.165) is 10.2 Å². The van der Waals surface area contributed by atoms with E-state index in [1.165, 1.54) is 11.3 Å². The molecule has 0 aliphatic rings. The fraction of sp³-hybridized carbons (Fsp3) is 0. The monoisotopic (exact) mass is 192 g/mol. The summed E-state index contributed by atoms with van der Waals surface area (Å²) >= 11 is 1.18. The van der Waals surface area contributed by atoms with Crippen molar-refractivity contribution in [2.75, 3.05) is 0 Å². The molecule has 0 fully saturated rings. The van der Waals surface area contributed by atoms with Crippen molar-refractivity contribution >= 4 is 27.5 Å². The van der Waals surface area contributed by atoms with Crippen LogP contribution in [0.1, 0.15) is 9.80 Å². The Bertz CT molecular complexity index is 445. The van der Waals surface area contributed by atoms with E-state index in [1.807, 2.05) is 18.2 Å². The summed E-state index contributed by atoms with van der Waals surface area (Å²) in [6.45, 7) is 0. The van der Waals surface area contributed by atoms with Crippen molar-refractivity contribution in [3.8, 4) is 0 Å². The number of fused-ring (bicyclic) bond motifs is 1. The van der Waals surface area contributed by atoms with Crippen molar-refractivity contribution in [2.45, 2.75) is 0 Å². The van der Waals surface area contributed by atoms with Crippen LogP contribution in [0.5, 0.6) is 0 Å². The SMILES string of the molecule is O=NC(=O)c1nc2ccccc2s1. The molecular formula is C8H4N2O2S. The van der Waals surface area contributed by atoms with Crippen molar-refractivity contribution in [2.24, 2.45) is 5.18 Å². The molecule has 0 atom stereocenters. The second-order valence-electron chi connectivity index (χ2n) is 2.38. The lowest BCUT2D eigenvalue weighted by molar-refractivity contribution is 0.100. The molecule has 0 N–H and O–H groups in total. The fourth-order valence-electron chi connectivity index (χ4n) is 1.00. The third-order valence-electron chi connectivity index (χ3n) is 1.56. The van der Waals surface area contributed by atoms with E-state index in [4.69, 9.17) is 0 Å². The van der Waals surface area contributed by atoms with E-state index in [-0.39, 0.29) is 5.01 Å². The lowest BCUT2D eigenvalue weighted by Gasteiger charge is -1.80. The van der Waals surface area contributed by atoms with Gasteiger partial charge in [0.15, 0.2) is 5.01 Å². The Hall–Kier alpha value is -1.62. The molecule has 1 aromatic heterocycles. The molecule has 1 heterocycles. The van der Waals surface area contributed by atoms with Gasteiger partial charge in [0.1, 0.15) is 0 Å². The van der Waals surface area contributed by atoms with Crippen LogP contribution in [0.25, 0.3) is 10.2 Å². The van der Waals surface area contributed by atoms with Gasteiger partial charge in [-0.25, -0.2) is 4.98 Å². The summed E-state index contributed by atoms with van der Waals surface area (Å²) in [6.07, 6.45) is 0. The Balaban J connectivity index is 2.62. The highest BCUT2D eigenvalue weighted by molar-refractivity contribution is 7.20. The van der Waals surface area contributed by atoms with Gasteiger partial charge in [0.2, 0.25) is 0 Å². The maximum absolute atomic E-state index is 10.9. The zero-order chi connectivity index (χ0) is 9.26. The third-order valence-corrected chi connectivity index (χ3v) is 2.58. The molecule has 64 valence electrons. The predicted molar refractivity (Wildman–Crippen MR) is 49.7 cm³/mol. The fourth-order valence-corrected chi connectivity index (χ4v) is 1.84. The number of amides is 1. The van der Waals surface area contributed by atoms with Crippen molar-refractivity contribution in [1.82, 2.24) is 4.98 Å². The maximum Gasteiger partial charge on any atom is 0.345 e. The summed E-state index contributed by atoms with van der Waals surface area (Å²) in [6, 6.07) is 7.30. The zero-order valence-electron chi connectivity index (χ0n) is 6.43. The first-order valence-corrected chi connectivity index (χ1v) is 4.36. The minimum atomic E-state index is -0.804. The molecule has 2 aromatic rings. The van der Waals surface area contributed by atoms with Crippen LogP contribution in [-0.2, 0) is 0 Å². The maximum atomic E-state index is 10.9. The van der Waals surface area contributed by atoms with Crippen molar-refractivity contribution in [3.63, 3.8) is 0 Å². The second-order valence-corrected chi connectivity index (χ2v) is 3.41. The topological polar surface area (TPSA) is 59.4 Å². The van der Waals surface area contributed by atoms with Crippen molar-refractivity contribution in [3.05, 3.63) is 34.2 Å². The normalized spacial score (nSPS) is 10.2. The number of benzene rings is 1. The van der Waals surface area contributed by atoms with Gasteiger partial charge in [-0.3, -0.25) is 4.79 Å². The molecule has 0 spiro atoms. The van der Waals surface area contributed by atoms with Gasteiger partial charge in [-0.1, -0.05) is 12.1 Å². The standard InChI is InChI=1S/C8H4N2O2S/c11-7(10-12)8-9-5-3-1-2-4-6(5)13-8/h1-4H. The van der Waals surface area contributed by atoms with E-state index in [2.05, 4.69) is 10.2 Å². The summed E-state index contributed by atoms with van der Waals surface area (Å²) in [7, 11) is 0. The Labute approximate surface area is 77.2 Å². The Morgan fingerprint density at radius 3 is 2.85 bits per heavy atom. The lowest BCUT2D eigenvalue weighted by atomic mass is 10.3. The Kier molecular flexibility index (Phi) is 1.86. The van der Waals surface area contributed by atoms with Crippen LogP contribution >= 0.6 is 11.3 Å². The number of hydrogen-bond donors (Lipinski definition) is 0. The molecule has 0 unspecified atom stereocenters. The van der Waals surface area contributed by atoms with E-state index in [0.29, 0.717) is 0 Å². The lowest BCUT2D eigenvalue weighted by Crippen LogP contribution is -1.90. The minimum absolute atomic E-state index is 0.149. The van der Waals surface area contributed by atoms with E-state index in [1.54, 1.807) is 6.07 Å². The number of carbonyl (C=O) groups excluding carboxylic acids is 1. The van der Waals surface area contributed by atoms with Gasteiger partial charge in [0.25, 0.3) is 0 Å². The molecule has 1 amide bonds. The number of rotatable bonds is 1. The third kappa shape index (κ3) is 1.33. The van der Waals surface area contributed by atoms with Gasteiger partial charge in [-0.2, -0.15) is 0 Å². The van der Waals surface area contributed by atoms with Gasteiger partial charge < -0.3 is 0 Å². The molecule has 13 heavy (non-hydrogen) atoms. The van der Waals surface area contributed by atoms with Crippen LogP contribution in [0.15, 0.2) is 29.4 Å². The number of para-hydroxylation sites is 1. The van der Waals surface area contributed by atoms with E-state index < -0.39 is 5.91 Å². The minimum Gasteiger partial charge on any atom is -0.260 e. The summed E-state index contributed by atoms with van der Waals surface area (Å²) < 4.78 is 0.884. The summed E-state index contributed by atoms with van der Waals surface area (Å²) in [4.78, 5) is 24.8. The number of carbonyl (C=O) groups is 1. The molecule has 0 aliphatic carbocycles. The smallest absolute Gasteiger partial charge is 0.260 e. The summed E-state index contributed by atoms with van der Waals surface area (Å²) in [5.41, 5.74) is 0.722. The number of thiazole rings is 1. The van der Waals surface area contributed by atoms with Crippen LogP contribution in [0.4, 0.5) is 0 Å². The molecule has 5 heteroatoms. The number of aromatic nitrogens is 1. The molecule has 0 aliphatic heterocycles. The number of nitrogens with zero attached hydrogens (tertiary/aromatic N) is 2. The van der Waals surface area contributed by atoms with Crippen molar-refractivity contribution < 1.29 is 4.79 Å². The second kappa shape index (κ2) is 3.02. The van der Waals surface area contributed by atoms with Gasteiger partial charge in [0.05, 0.1) is 10.2 Å². The zero-order valence-corrected chi connectivity index (χ0v) is 7.25. The van der Waals surface area contributed by atoms with E-state index >= 15 is 0 Å². The molecule has 0 saturated heterocycles.